The zero-order valence-electron chi connectivity index (χ0n) is 11.9. The maximum atomic E-state index is 12.9. The zero-order chi connectivity index (χ0) is 16.4. The molecule has 1 aromatic carbocycles. The summed E-state index contributed by atoms with van der Waals surface area (Å²) in [6, 6.07) is 4.40. The highest BCUT2D eigenvalue weighted by Crippen LogP contribution is 2.13. The lowest BCUT2D eigenvalue weighted by Crippen LogP contribution is -2.52. The van der Waals surface area contributed by atoms with Gasteiger partial charge in [0.25, 0.3) is 5.91 Å². The van der Waals surface area contributed by atoms with Gasteiger partial charge in [0.1, 0.15) is 5.82 Å². The Labute approximate surface area is 130 Å². The predicted molar refractivity (Wildman–Crippen MR) is 74.6 cm³/mol. The van der Waals surface area contributed by atoms with E-state index in [1.54, 1.807) is 0 Å². The van der Waals surface area contributed by atoms with Crippen LogP contribution in [0, 0.1) is 5.82 Å². The number of aliphatic carboxylic acids is 1. The lowest BCUT2D eigenvalue weighted by molar-refractivity contribution is -0.147. The molecule has 0 saturated carbocycles. The van der Waals surface area contributed by atoms with Gasteiger partial charge in [-0.2, -0.15) is 9.90 Å². The van der Waals surface area contributed by atoms with Crippen molar-refractivity contribution in [2.45, 2.75) is 6.04 Å². The topological polar surface area (TPSA) is 97.5 Å². The normalized spacial score (nSPS) is 18.0. The lowest BCUT2D eigenvalue weighted by Gasteiger charge is -2.32. The third kappa shape index (κ3) is 3.04. The van der Waals surface area contributed by atoms with Gasteiger partial charge in [0.15, 0.2) is 11.7 Å². The summed E-state index contributed by atoms with van der Waals surface area (Å²) in [6.45, 7) is 0.369. The van der Waals surface area contributed by atoms with Crippen LogP contribution in [0.15, 0.2) is 30.5 Å². The Balaban J connectivity index is 1.83. The molecule has 120 valence electrons. The number of hydrogen-bond acceptors (Lipinski definition) is 5. The second kappa shape index (κ2) is 6.13. The quantitative estimate of drug-likeness (QED) is 0.875. The van der Waals surface area contributed by atoms with E-state index >= 15 is 0 Å². The minimum atomic E-state index is -1.14. The van der Waals surface area contributed by atoms with Crippen LogP contribution in [0.3, 0.4) is 0 Å². The first-order valence-corrected chi connectivity index (χ1v) is 6.86. The van der Waals surface area contributed by atoms with Crippen molar-refractivity contribution in [2.24, 2.45) is 0 Å². The molecule has 2 aromatic rings. The second-order valence-electron chi connectivity index (χ2n) is 4.92. The molecule has 1 saturated heterocycles. The van der Waals surface area contributed by atoms with E-state index in [0.717, 1.165) is 0 Å². The van der Waals surface area contributed by atoms with E-state index in [4.69, 9.17) is 9.84 Å². The molecule has 2 heterocycles. The van der Waals surface area contributed by atoms with Crippen LogP contribution >= 0.6 is 0 Å². The van der Waals surface area contributed by atoms with E-state index in [9.17, 15) is 14.0 Å². The minimum Gasteiger partial charge on any atom is -0.480 e. The number of carboxylic acid groups (broad SMARTS) is 1. The van der Waals surface area contributed by atoms with E-state index in [1.165, 1.54) is 40.2 Å². The van der Waals surface area contributed by atoms with Crippen molar-refractivity contribution < 1.29 is 23.8 Å². The van der Waals surface area contributed by atoms with Gasteiger partial charge in [0, 0.05) is 6.54 Å². The summed E-state index contributed by atoms with van der Waals surface area (Å²) >= 11 is 0. The van der Waals surface area contributed by atoms with Crippen LogP contribution in [-0.4, -0.2) is 62.7 Å². The Kier molecular flexibility index (Phi) is 4.02. The molecular weight excluding hydrogens is 307 g/mol. The van der Waals surface area contributed by atoms with Crippen molar-refractivity contribution in [3.05, 3.63) is 42.0 Å². The van der Waals surface area contributed by atoms with Crippen LogP contribution in [0.4, 0.5) is 4.39 Å². The fourth-order valence-corrected chi connectivity index (χ4v) is 2.26. The Morgan fingerprint density at radius 3 is 2.74 bits per heavy atom. The van der Waals surface area contributed by atoms with Crippen LogP contribution in [0.5, 0.6) is 0 Å². The van der Waals surface area contributed by atoms with Gasteiger partial charge in [0.05, 0.1) is 25.1 Å². The third-order valence-electron chi connectivity index (χ3n) is 3.44. The molecule has 23 heavy (non-hydrogen) atoms. The standard InChI is InChI=1S/C14H13FN4O4/c15-9-1-3-10(4-2-9)19-16-7-11(17-19)13(20)18-5-6-23-8-12(18)14(21)22/h1-4,7,12H,5-6,8H2,(H,21,22)/t12-/m1/s1. The first-order valence-electron chi connectivity index (χ1n) is 6.86. The van der Waals surface area contributed by atoms with Crippen molar-refractivity contribution in [2.75, 3.05) is 19.8 Å². The van der Waals surface area contributed by atoms with E-state index in [1.807, 2.05) is 0 Å². The van der Waals surface area contributed by atoms with Gasteiger partial charge in [-0.15, -0.1) is 5.10 Å². The summed E-state index contributed by atoms with van der Waals surface area (Å²) in [5, 5.41) is 17.2. The first kappa shape index (κ1) is 15.1. The van der Waals surface area contributed by atoms with Crippen LogP contribution in [0.1, 0.15) is 10.5 Å². The number of hydrogen-bond donors (Lipinski definition) is 1. The summed E-state index contributed by atoms with van der Waals surface area (Å²) in [5.74, 6) is -2.06. The van der Waals surface area contributed by atoms with Crippen molar-refractivity contribution in [3.8, 4) is 5.69 Å². The molecule has 1 atom stereocenters. The van der Waals surface area contributed by atoms with Crippen molar-refractivity contribution in [3.63, 3.8) is 0 Å². The molecule has 1 aliphatic rings. The highest BCUT2D eigenvalue weighted by Gasteiger charge is 2.34. The molecule has 0 radical (unpaired) electrons. The minimum absolute atomic E-state index is 0.0162. The summed E-state index contributed by atoms with van der Waals surface area (Å²) in [7, 11) is 0. The number of carboxylic acids is 1. The van der Waals surface area contributed by atoms with E-state index in [0.29, 0.717) is 5.69 Å². The molecule has 0 unspecified atom stereocenters. The van der Waals surface area contributed by atoms with E-state index < -0.39 is 23.7 Å². The lowest BCUT2D eigenvalue weighted by atomic mass is 10.2. The molecule has 1 aromatic heterocycles. The predicted octanol–water partition coefficient (Wildman–Crippen LogP) is 0.332. The summed E-state index contributed by atoms with van der Waals surface area (Å²) in [5.41, 5.74) is 0.504. The summed E-state index contributed by atoms with van der Waals surface area (Å²) in [6.07, 6.45) is 1.25. The molecule has 0 aliphatic carbocycles. The molecule has 1 aliphatic heterocycles. The third-order valence-corrected chi connectivity index (χ3v) is 3.44. The maximum absolute atomic E-state index is 12.9. The van der Waals surface area contributed by atoms with Gasteiger partial charge in [-0.1, -0.05) is 0 Å². The number of nitrogens with zero attached hydrogens (tertiary/aromatic N) is 4. The van der Waals surface area contributed by atoms with E-state index in [-0.39, 0.29) is 25.5 Å². The first-order chi connectivity index (χ1) is 11.1. The van der Waals surface area contributed by atoms with Gasteiger partial charge in [-0.05, 0) is 24.3 Å². The van der Waals surface area contributed by atoms with Gasteiger partial charge >= 0.3 is 5.97 Å². The summed E-state index contributed by atoms with van der Waals surface area (Å²) < 4.78 is 18.0. The van der Waals surface area contributed by atoms with Crippen LogP contribution in [0.25, 0.3) is 5.69 Å². The van der Waals surface area contributed by atoms with Crippen LogP contribution in [-0.2, 0) is 9.53 Å². The van der Waals surface area contributed by atoms with Crippen molar-refractivity contribution in [1.82, 2.24) is 19.9 Å². The number of aromatic nitrogens is 3. The zero-order valence-corrected chi connectivity index (χ0v) is 11.9. The average Bonchev–Trinajstić information content (AvgIpc) is 3.04. The Morgan fingerprint density at radius 2 is 2.04 bits per heavy atom. The molecule has 1 fully saturated rings. The summed E-state index contributed by atoms with van der Waals surface area (Å²) in [4.78, 5) is 26.0. The highest BCUT2D eigenvalue weighted by molar-refractivity contribution is 5.94. The molecule has 0 bridgehead atoms. The molecule has 8 nitrogen and oxygen atoms in total. The number of morpholine rings is 1. The number of rotatable bonds is 3. The smallest absolute Gasteiger partial charge is 0.328 e. The Morgan fingerprint density at radius 1 is 1.30 bits per heavy atom. The number of ether oxygens (including phenoxy) is 1. The van der Waals surface area contributed by atoms with Gasteiger partial charge < -0.3 is 14.7 Å². The van der Waals surface area contributed by atoms with Gasteiger partial charge in [-0.3, -0.25) is 4.79 Å². The largest absolute Gasteiger partial charge is 0.480 e. The van der Waals surface area contributed by atoms with E-state index in [2.05, 4.69) is 10.2 Å². The van der Waals surface area contributed by atoms with Crippen LogP contribution < -0.4 is 0 Å². The van der Waals surface area contributed by atoms with Crippen molar-refractivity contribution >= 4 is 11.9 Å². The molecule has 3 rings (SSSR count). The fraction of sp³-hybridized carbons (Fsp3) is 0.286. The number of carbonyl (C=O) groups excluding carboxylic acids is 1. The second-order valence-corrected chi connectivity index (χ2v) is 4.92. The average molecular weight is 320 g/mol. The molecular formula is C14H13FN4O4. The highest BCUT2D eigenvalue weighted by atomic mass is 19.1. The molecule has 0 spiro atoms. The molecule has 1 N–H and O–H groups in total. The maximum Gasteiger partial charge on any atom is 0.328 e. The fourth-order valence-electron chi connectivity index (χ4n) is 2.26. The monoisotopic (exact) mass is 320 g/mol. The number of benzene rings is 1. The molecule has 1 amide bonds. The Hall–Kier alpha value is -2.81. The van der Waals surface area contributed by atoms with Gasteiger partial charge in [0.2, 0.25) is 0 Å². The SMILES string of the molecule is O=C(O)[C@H]1COCCN1C(=O)c1cnn(-c2ccc(F)cc2)n1. The van der Waals surface area contributed by atoms with Crippen molar-refractivity contribution in [1.29, 1.82) is 0 Å². The van der Waals surface area contributed by atoms with Gasteiger partial charge in [-0.25, -0.2) is 9.18 Å². The number of amides is 1. The van der Waals surface area contributed by atoms with Crippen LogP contribution in [0.2, 0.25) is 0 Å². The number of halogens is 1. The Bertz CT molecular complexity index is 731. The molecule has 9 heteroatoms. The number of carbonyl (C=O) groups is 2.